The maximum absolute atomic E-state index is 13.1. The van der Waals surface area contributed by atoms with E-state index in [1.54, 1.807) is 13.8 Å². The minimum Gasteiger partial charge on any atom is -0.388 e. The molecule has 0 aliphatic rings. The van der Waals surface area contributed by atoms with Crippen LogP contribution in [0.1, 0.15) is 25.5 Å². The van der Waals surface area contributed by atoms with Crippen LogP contribution in [-0.2, 0) is 0 Å². The Balaban J connectivity index is 3.20. The molecule has 0 radical (unpaired) electrons. The van der Waals surface area contributed by atoms with Crippen LogP contribution >= 0.6 is 0 Å². The molecule has 14 heavy (non-hydrogen) atoms. The van der Waals surface area contributed by atoms with E-state index in [1.807, 2.05) is 0 Å². The van der Waals surface area contributed by atoms with Crippen LogP contribution in [0.15, 0.2) is 12.1 Å². The van der Waals surface area contributed by atoms with E-state index >= 15 is 0 Å². The molecule has 0 saturated carbocycles. The van der Waals surface area contributed by atoms with Crippen LogP contribution < -0.4 is 0 Å². The van der Waals surface area contributed by atoms with Gasteiger partial charge in [-0.25, -0.2) is 13.2 Å². The van der Waals surface area contributed by atoms with Crippen LogP contribution in [0.5, 0.6) is 0 Å². The highest BCUT2D eigenvalue weighted by Gasteiger charge is 2.20. The zero-order valence-corrected chi connectivity index (χ0v) is 7.89. The third-order valence-electron chi connectivity index (χ3n) is 1.97. The number of hydrogen-bond acceptors (Lipinski definition) is 1. The molecule has 0 fully saturated rings. The first-order valence-corrected chi connectivity index (χ1v) is 4.26. The Bertz CT molecular complexity index is 336. The minimum atomic E-state index is -1.28. The Morgan fingerprint density at radius 2 is 1.71 bits per heavy atom. The Labute approximate surface area is 80.2 Å². The van der Waals surface area contributed by atoms with Gasteiger partial charge in [0.1, 0.15) is 5.82 Å². The summed E-state index contributed by atoms with van der Waals surface area (Å²) in [4.78, 5) is 0. The molecule has 78 valence electrons. The highest BCUT2D eigenvalue weighted by molar-refractivity contribution is 5.22. The van der Waals surface area contributed by atoms with E-state index < -0.39 is 23.6 Å². The van der Waals surface area contributed by atoms with Gasteiger partial charge in [0.15, 0.2) is 11.6 Å². The van der Waals surface area contributed by atoms with Gasteiger partial charge in [0.2, 0.25) is 0 Å². The van der Waals surface area contributed by atoms with Crippen LogP contribution in [0.3, 0.4) is 0 Å². The van der Waals surface area contributed by atoms with E-state index in [-0.39, 0.29) is 11.5 Å². The summed E-state index contributed by atoms with van der Waals surface area (Å²) in [6.45, 7) is 3.26. The summed E-state index contributed by atoms with van der Waals surface area (Å²) in [7, 11) is 0. The predicted molar refractivity (Wildman–Crippen MR) is 46.1 cm³/mol. The van der Waals surface area contributed by atoms with Crippen LogP contribution in [0.2, 0.25) is 0 Å². The monoisotopic (exact) mass is 204 g/mol. The highest BCUT2D eigenvalue weighted by atomic mass is 19.2. The summed E-state index contributed by atoms with van der Waals surface area (Å²) in [5.74, 6) is -3.66. The second-order valence-corrected chi connectivity index (χ2v) is 3.48. The summed E-state index contributed by atoms with van der Waals surface area (Å²) >= 11 is 0. The van der Waals surface area contributed by atoms with Gasteiger partial charge in [-0.05, 0) is 12.0 Å². The molecule has 0 bridgehead atoms. The number of hydrogen-bond donors (Lipinski definition) is 1. The van der Waals surface area contributed by atoms with E-state index in [2.05, 4.69) is 0 Å². The lowest BCUT2D eigenvalue weighted by atomic mass is 9.98. The summed E-state index contributed by atoms with van der Waals surface area (Å²) in [6.07, 6.45) is -1.19. The van der Waals surface area contributed by atoms with E-state index in [9.17, 15) is 18.3 Å². The van der Waals surface area contributed by atoms with Crippen LogP contribution in [0.25, 0.3) is 0 Å². The van der Waals surface area contributed by atoms with Crippen molar-refractivity contribution in [3.05, 3.63) is 35.1 Å². The number of benzene rings is 1. The van der Waals surface area contributed by atoms with Crippen molar-refractivity contribution in [1.82, 2.24) is 0 Å². The number of rotatable bonds is 2. The van der Waals surface area contributed by atoms with Gasteiger partial charge in [0.05, 0.1) is 6.10 Å². The fourth-order valence-electron chi connectivity index (χ4n) is 1.15. The summed E-state index contributed by atoms with van der Waals surface area (Å²) < 4.78 is 38.5. The quantitative estimate of drug-likeness (QED) is 0.734. The molecular weight excluding hydrogens is 193 g/mol. The molecule has 1 aromatic carbocycles. The first-order chi connectivity index (χ1) is 6.43. The second-order valence-electron chi connectivity index (χ2n) is 3.48. The second kappa shape index (κ2) is 4.00. The largest absolute Gasteiger partial charge is 0.388 e. The molecule has 0 spiro atoms. The normalized spacial score (nSPS) is 13.4. The van der Waals surface area contributed by atoms with Crippen molar-refractivity contribution in [2.45, 2.75) is 20.0 Å². The van der Waals surface area contributed by atoms with E-state index in [4.69, 9.17) is 0 Å². The topological polar surface area (TPSA) is 20.2 Å². The lowest BCUT2D eigenvalue weighted by Gasteiger charge is -2.15. The van der Waals surface area contributed by atoms with Gasteiger partial charge in [-0.1, -0.05) is 13.8 Å². The Kier molecular flexibility index (Phi) is 3.16. The Morgan fingerprint density at radius 1 is 1.14 bits per heavy atom. The van der Waals surface area contributed by atoms with Crippen molar-refractivity contribution in [1.29, 1.82) is 0 Å². The molecular formula is C10H11F3O. The lowest BCUT2D eigenvalue weighted by Crippen LogP contribution is -2.09. The Morgan fingerprint density at radius 3 is 2.21 bits per heavy atom. The molecule has 1 N–H and O–H groups in total. The SMILES string of the molecule is CC(C)C(O)c1cc(F)cc(F)c1F. The lowest BCUT2D eigenvalue weighted by molar-refractivity contribution is 0.121. The molecule has 0 saturated heterocycles. The molecule has 1 unspecified atom stereocenters. The van der Waals surface area contributed by atoms with Gasteiger partial charge in [0.25, 0.3) is 0 Å². The van der Waals surface area contributed by atoms with Crippen molar-refractivity contribution in [3.63, 3.8) is 0 Å². The van der Waals surface area contributed by atoms with Crippen molar-refractivity contribution >= 4 is 0 Å². The van der Waals surface area contributed by atoms with Crippen LogP contribution in [0, 0.1) is 23.4 Å². The third-order valence-corrected chi connectivity index (χ3v) is 1.97. The molecule has 0 aliphatic heterocycles. The van der Waals surface area contributed by atoms with Gasteiger partial charge in [0, 0.05) is 11.6 Å². The zero-order chi connectivity index (χ0) is 10.9. The Hall–Kier alpha value is -1.03. The zero-order valence-electron chi connectivity index (χ0n) is 7.89. The predicted octanol–water partition coefficient (Wildman–Crippen LogP) is 2.79. The average Bonchev–Trinajstić information content (AvgIpc) is 2.09. The van der Waals surface area contributed by atoms with Gasteiger partial charge in [-0.3, -0.25) is 0 Å². The number of aliphatic hydroxyl groups is 1. The maximum atomic E-state index is 13.1. The summed E-state index contributed by atoms with van der Waals surface area (Å²) in [6, 6.07) is 1.26. The number of halogens is 3. The van der Waals surface area contributed by atoms with Gasteiger partial charge in [-0.2, -0.15) is 0 Å². The molecule has 1 rings (SSSR count). The standard InChI is InChI=1S/C10H11F3O/c1-5(2)10(14)7-3-6(11)4-8(12)9(7)13/h3-5,10,14H,1-2H3. The fraction of sp³-hybridized carbons (Fsp3) is 0.400. The number of aliphatic hydroxyl groups excluding tert-OH is 1. The van der Waals surface area contributed by atoms with Crippen LogP contribution in [0.4, 0.5) is 13.2 Å². The molecule has 4 heteroatoms. The highest BCUT2D eigenvalue weighted by Crippen LogP contribution is 2.26. The maximum Gasteiger partial charge on any atom is 0.164 e. The van der Waals surface area contributed by atoms with Crippen LogP contribution in [-0.4, -0.2) is 5.11 Å². The fourth-order valence-corrected chi connectivity index (χ4v) is 1.15. The van der Waals surface area contributed by atoms with Gasteiger partial charge in [-0.15, -0.1) is 0 Å². The first-order valence-electron chi connectivity index (χ1n) is 4.26. The average molecular weight is 204 g/mol. The van der Waals surface area contributed by atoms with E-state index in [0.29, 0.717) is 6.07 Å². The molecule has 0 aliphatic carbocycles. The van der Waals surface area contributed by atoms with Crippen molar-refractivity contribution in [2.24, 2.45) is 5.92 Å². The summed E-state index contributed by atoms with van der Waals surface area (Å²) in [5, 5.41) is 9.45. The smallest absolute Gasteiger partial charge is 0.164 e. The first kappa shape index (κ1) is 11.0. The van der Waals surface area contributed by atoms with E-state index in [1.165, 1.54) is 0 Å². The molecule has 0 heterocycles. The third kappa shape index (κ3) is 2.07. The minimum absolute atomic E-state index is 0.300. The van der Waals surface area contributed by atoms with Crippen molar-refractivity contribution in [3.8, 4) is 0 Å². The van der Waals surface area contributed by atoms with Crippen molar-refractivity contribution in [2.75, 3.05) is 0 Å². The molecule has 1 nitrogen and oxygen atoms in total. The molecule has 0 amide bonds. The van der Waals surface area contributed by atoms with Gasteiger partial charge < -0.3 is 5.11 Å². The van der Waals surface area contributed by atoms with Crippen molar-refractivity contribution < 1.29 is 18.3 Å². The van der Waals surface area contributed by atoms with Gasteiger partial charge >= 0.3 is 0 Å². The molecule has 1 aromatic rings. The molecule has 0 aromatic heterocycles. The van der Waals surface area contributed by atoms with E-state index in [0.717, 1.165) is 6.07 Å². The summed E-state index contributed by atoms with van der Waals surface area (Å²) in [5.41, 5.74) is -0.336. The molecule has 1 atom stereocenters.